The summed E-state index contributed by atoms with van der Waals surface area (Å²) in [4.78, 5) is 0. The van der Waals surface area contributed by atoms with Crippen molar-refractivity contribution in [3.63, 3.8) is 0 Å². The molecule has 0 aliphatic carbocycles. The maximum absolute atomic E-state index is 5.37. The van der Waals surface area contributed by atoms with E-state index in [0.29, 0.717) is 6.61 Å². The Balaban J connectivity index is 3.30. The summed E-state index contributed by atoms with van der Waals surface area (Å²) in [5.74, 6) is 1.76. The Kier molecular flexibility index (Phi) is 3.97. The first-order chi connectivity index (χ1) is 7.15. The number of rotatable bonds is 4. The van der Waals surface area contributed by atoms with Crippen LogP contribution in [0.15, 0.2) is 6.07 Å². The van der Waals surface area contributed by atoms with Gasteiger partial charge in [0.25, 0.3) is 0 Å². The molecule has 1 aromatic rings. The van der Waals surface area contributed by atoms with Gasteiger partial charge in [-0.15, -0.1) is 0 Å². The molecule has 0 unspecified atom stereocenters. The molecular weight excluding hydrogens is 192 g/mol. The third-order valence-electron chi connectivity index (χ3n) is 2.59. The summed E-state index contributed by atoms with van der Waals surface area (Å²) < 4.78 is 15.8. The van der Waals surface area contributed by atoms with Crippen molar-refractivity contribution in [1.29, 1.82) is 0 Å². The van der Waals surface area contributed by atoms with Crippen LogP contribution in [0.1, 0.15) is 16.7 Å². The first-order valence-corrected chi connectivity index (χ1v) is 4.85. The van der Waals surface area contributed by atoms with Crippen molar-refractivity contribution >= 4 is 0 Å². The fourth-order valence-corrected chi connectivity index (χ4v) is 1.69. The van der Waals surface area contributed by atoms with Crippen LogP contribution in [-0.2, 0) is 11.3 Å². The van der Waals surface area contributed by atoms with Crippen LogP contribution in [-0.4, -0.2) is 21.3 Å². The van der Waals surface area contributed by atoms with Crippen molar-refractivity contribution < 1.29 is 14.2 Å². The summed E-state index contributed by atoms with van der Waals surface area (Å²) in [7, 11) is 5.01. The van der Waals surface area contributed by atoms with Gasteiger partial charge in [-0.25, -0.2) is 0 Å². The second-order valence-corrected chi connectivity index (χ2v) is 3.45. The standard InChI is InChI=1S/C12H18O3/c1-8-9(2)12(15-5)10(7-13-3)6-11(8)14-4/h6H,7H2,1-5H3. The summed E-state index contributed by atoms with van der Waals surface area (Å²) in [6, 6.07) is 1.96. The smallest absolute Gasteiger partial charge is 0.127 e. The van der Waals surface area contributed by atoms with Crippen LogP contribution in [0, 0.1) is 13.8 Å². The van der Waals surface area contributed by atoms with Crippen molar-refractivity contribution in [2.24, 2.45) is 0 Å². The maximum Gasteiger partial charge on any atom is 0.127 e. The minimum Gasteiger partial charge on any atom is -0.496 e. The highest BCUT2D eigenvalue weighted by Crippen LogP contribution is 2.33. The lowest BCUT2D eigenvalue weighted by molar-refractivity contribution is 0.181. The molecule has 0 spiro atoms. The van der Waals surface area contributed by atoms with Crippen LogP contribution in [0.4, 0.5) is 0 Å². The largest absolute Gasteiger partial charge is 0.496 e. The molecule has 0 saturated carbocycles. The summed E-state index contributed by atoms with van der Waals surface area (Å²) in [5.41, 5.74) is 3.22. The second-order valence-electron chi connectivity index (χ2n) is 3.45. The van der Waals surface area contributed by atoms with Crippen molar-refractivity contribution in [1.82, 2.24) is 0 Å². The summed E-state index contributed by atoms with van der Waals surface area (Å²) in [6.45, 7) is 4.57. The van der Waals surface area contributed by atoms with Gasteiger partial charge in [-0.05, 0) is 31.0 Å². The lowest BCUT2D eigenvalue weighted by Crippen LogP contribution is -2.00. The van der Waals surface area contributed by atoms with E-state index in [0.717, 1.165) is 28.2 Å². The number of hydrogen-bond donors (Lipinski definition) is 0. The molecule has 0 bridgehead atoms. The van der Waals surface area contributed by atoms with E-state index >= 15 is 0 Å². The molecule has 0 aliphatic rings. The Morgan fingerprint density at radius 3 is 2.13 bits per heavy atom. The Labute approximate surface area is 91.0 Å². The first-order valence-electron chi connectivity index (χ1n) is 4.85. The molecule has 3 nitrogen and oxygen atoms in total. The topological polar surface area (TPSA) is 27.7 Å². The summed E-state index contributed by atoms with van der Waals surface area (Å²) in [5, 5.41) is 0. The van der Waals surface area contributed by atoms with Crippen molar-refractivity contribution in [3.05, 3.63) is 22.8 Å². The van der Waals surface area contributed by atoms with Crippen LogP contribution < -0.4 is 9.47 Å². The SMILES string of the molecule is COCc1cc(OC)c(C)c(C)c1OC. The number of methoxy groups -OCH3 is 3. The van der Waals surface area contributed by atoms with E-state index in [4.69, 9.17) is 14.2 Å². The van der Waals surface area contributed by atoms with Gasteiger partial charge in [-0.3, -0.25) is 0 Å². The molecule has 1 aromatic carbocycles. The second kappa shape index (κ2) is 5.03. The predicted octanol–water partition coefficient (Wildman–Crippen LogP) is 2.47. The molecule has 0 aromatic heterocycles. The monoisotopic (exact) mass is 210 g/mol. The van der Waals surface area contributed by atoms with E-state index in [1.807, 2.05) is 19.9 Å². The normalized spacial score (nSPS) is 10.2. The van der Waals surface area contributed by atoms with Gasteiger partial charge in [0.05, 0.1) is 20.8 Å². The van der Waals surface area contributed by atoms with Crippen LogP contribution in [0.3, 0.4) is 0 Å². The zero-order valence-electron chi connectivity index (χ0n) is 10.0. The van der Waals surface area contributed by atoms with Gasteiger partial charge < -0.3 is 14.2 Å². The highest BCUT2D eigenvalue weighted by Gasteiger charge is 2.13. The van der Waals surface area contributed by atoms with Gasteiger partial charge in [-0.2, -0.15) is 0 Å². The third-order valence-corrected chi connectivity index (χ3v) is 2.59. The minimum absolute atomic E-state index is 0.528. The molecule has 3 heteroatoms. The van der Waals surface area contributed by atoms with Gasteiger partial charge in [0.15, 0.2) is 0 Å². The zero-order valence-corrected chi connectivity index (χ0v) is 10.0. The van der Waals surface area contributed by atoms with Gasteiger partial charge in [0, 0.05) is 12.7 Å². The van der Waals surface area contributed by atoms with Gasteiger partial charge in [-0.1, -0.05) is 0 Å². The van der Waals surface area contributed by atoms with Crippen molar-refractivity contribution in [3.8, 4) is 11.5 Å². The lowest BCUT2D eigenvalue weighted by Gasteiger charge is -2.16. The summed E-state index contributed by atoms with van der Waals surface area (Å²) in [6.07, 6.45) is 0. The van der Waals surface area contributed by atoms with Crippen LogP contribution >= 0.6 is 0 Å². The molecule has 0 atom stereocenters. The Morgan fingerprint density at radius 2 is 1.67 bits per heavy atom. The number of hydrogen-bond acceptors (Lipinski definition) is 3. The molecule has 0 saturated heterocycles. The summed E-state index contributed by atoms with van der Waals surface area (Å²) >= 11 is 0. The molecule has 84 valence electrons. The van der Waals surface area contributed by atoms with Crippen molar-refractivity contribution in [2.75, 3.05) is 21.3 Å². The van der Waals surface area contributed by atoms with Crippen molar-refractivity contribution in [2.45, 2.75) is 20.5 Å². The third kappa shape index (κ3) is 2.23. The average molecular weight is 210 g/mol. The van der Waals surface area contributed by atoms with Crippen LogP contribution in [0.5, 0.6) is 11.5 Å². The molecule has 1 rings (SSSR count). The fourth-order valence-electron chi connectivity index (χ4n) is 1.69. The molecule has 0 radical (unpaired) electrons. The van der Waals surface area contributed by atoms with E-state index in [9.17, 15) is 0 Å². The lowest BCUT2D eigenvalue weighted by atomic mass is 10.0. The maximum atomic E-state index is 5.37. The molecule has 0 fully saturated rings. The van der Waals surface area contributed by atoms with Gasteiger partial charge in [0.1, 0.15) is 11.5 Å². The first kappa shape index (κ1) is 11.9. The molecule has 0 heterocycles. The van der Waals surface area contributed by atoms with E-state index in [1.54, 1.807) is 21.3 Å². The van der Waals surface area contributed by atoms with Gasteiger partial charge in [0.2, 0.25) is 0 Å². The molecule has 0 amide bonds. The highest BCUT2D eigenvalue weighted by atomic mass is 16.5. The number of benzene rings is 1. The Bertz CT molecular complexity index is 345. The average Bonchev–Trinajstić information content (AvgIpc) is 2.24. The van der Waals surface area contributed by atoms with E-state index in [1.165, 1.54) is 0 Å². The molecule has 15 heavy (non-hydrogen) atoms. The van der Waals surface area contributed by atoms with E-state index in [2.05, 4.69) is 0 Å². The highest BCUT2D eigenvalue weighted by molar-refractivity contribution is 5.52. The Morgan fingerprint density at radius 1 is 1.00 bits per heavy atom. The predicted molar refractivity (Wildman–Crippen MR) is 59.7 cm³/mol. The van der Waals surface area contributed by atoms with Crippen LogP contribution in [0.25, 0.3) is 0 Å². The fraction of sp³-hybridized carbons (Fsp3) is 0.500. The van der Waals surface area contributed by atoms with E-state index in [-0.39, 0.29) is 0 Å². The quantitative estimate of drug-likeness (QED) is 0.764. The van der Waals surface area contributed by atoms with E-state index < -0.39 is 0 Å². The zero-order chi connectivity index (χ0) is 11.4. The molecule has 0 aliphatic heterocycles. The minimum atomic E-state index is 0.528. The molecular formula is C12H18O3. The van der Waals surface area contributed by atoms with Gasteiger partial charge >= 0.3 is 0 Å². The number of ether oxygens (including phenoxy) is 3. The molecule has 0 N–H and O–H groups in total. The Hall–Kier alpha value is -1.22. The van der Waals surface area contributed by atoms with Crippen LogP contribution in [0.2, 0.25) is 0 Å².